The van der Waals surface area contributed by atoms with Crippen molar-refractivity contribution in [3.05, 3.63) is 11.8 Å². The van der Waals surface area contributed by atoms with E-state index in [1.54, 1.807) is 13.2 Å². The third-order valence-electron chi connectivity index (χ3n) is 0.951. The largest absolute Gasteiger partial charge is 0.382 e. The maximum atomic E-state index is 5.31. The van der Waals surface area contributed by atoms with E-state index in [-0.39, 0.29) is 0 Å². The van der Waals surface area contributed by atoms with Crippen LogP contribution in [-0.2, 0) is 11.3 Å². The molecule has 0 saturated heterocycles. The average molecular weight is 127 g/mol. The van der Waals surface area contributed by atoms with Gasteiger partial charge in [-0.1, -0.05) is 0 Å². The topological polar surface area (TPSA) is 63.9 Å². The summed E-state index contributed by atoms with van der Waals surface area (Å²) in [4.78, 5) is 0. The van der Waals surface area contributed by atoms with E-state index in [2.05, 4.69) is 10.2 Å². The zero-order chi connectivity index (χ0) is 6.69. The molecule has 0 atom stereocenters. The summed E-state index contributed by atoms with van der Waals surface area (Å²) in [6, 6.07) is 1.74. The summed E-state index contributed by atoms with van der Waals surface area (Å²) in [6.45, 7) is 0.532. The van der Waals surface area contributed by atoms with Gasteiger partial charge in [-0.2, -0.15) is 5.10 Å². The lowest BCUT2D eigenvalue weighted by Gasteiger charge is -1.89. The Labute approximate surface area is 53.0 Å². The molecule has 0 spiro atoms. The number of rotatable bonds is 2. The van der Waals surface area contributed by atoms with Crippen molar-refractivity contribution in [1.82, 2.24) is 10.2 Å². The first kappa shape index (κ1) is 6.10. The van der Waals surface area contributed by atoms with Gasteiger partial charge in [0.05, 0.1) is 12.3 Å². The molecular weight excluding hydrogens is 118 g/mol. The monoisotopic (exact) mass is 127 g/mol. The third-order valence-corrected chi connectivity index (χ3v) is 0.951. The number of methoxy groups -OCH3 is 1. The van der Waals surface area contributed by atoms with Crippen LogP contribution in [-0.4, -0.2) is 17.3 Å². The minimum Gasteiger partial charge on any atom is -0.382 e. The Hall–Kier alpha value is -1.03. The SMILES string of the molecule is COCc1cc(N)n[nH]1. The first-order valence-corrected chi connectivity index (χ1v) is 2.61. The van der Waals surface area contributed by atoms with Crippen LogP contribution in [0.1, 0.15) is 5.69 Å². The Morgan fingerprint density at radius 3 is 3.11 bits per heavy atom. The van der Waals surface area contributed by atoms with Crippen molar-refractivity contribution in [2.75, 3.05) is 12.8 Å². The van der Waals surface area contributed by atoms with E-state index in [0.717, 1.165) is 5.69 Å². The zero-order valence-electron chi connectivity index (χ0n) is 5.22. The molecule has 0 aliphatic carbocycles. The zero-order valence-corrected chi connectivity index (χ0v) is 5.22. The number of aromatic nitrogens is 2. The Bertz CT molecular complexity index is 184. The molecule has 0 bridgehead atoms. The van der Waals surface area contributed by atoms with E-state index in [0.29, 0.717) is 12.4 Å². The van der Waals surface area contributed by atoms with E-state index >= 15 is 0 Å². The van der Waals surface area contributed by atoms with Crippen LogP contribution in [0.15, 0.2) is 6.07 Å². The van der Waals surface area contributed by atoms with E-state index in [1.807, 2.05) is 0 Å². The number of anilines is 1. The molecule has 4 heteroatoms. The van der Waals surface area contributed by atoms with Gasteiger partial charge in [0.25, 0.3) is 0 Å². The fourth-order valence-electron chi connectivity index (χ4n) is 0.609. The number of nitrogens with two attached hydrogens (primary N) is 1. The Kier molecular flexibility index (Phi) is 1.69. The van der Waals surface area contributed by atoms with E-state index in [4.69, 9.17) is 10.5 Å². The lowest BCUT2D eigenvalue weighted by atomic mass is 10.4. The van der Waals surface area contributed by atoms with Crippen molar-refractivity contribution >= 4 is 5.82 Å². The minimum atomic E-state index is 0.502. The number of nitrogen functional groups attached to an aromatic ring is 1. The molecule has 3 N–H and O–H groups in total. The second-order valence-electron chi connectivity index (χ2n) is 1.75. The smallest absolute Gasteiger partial charge is 0.145 e. The Morgan fingerprint density at radius 1 is 1.89 bits per heavy atom. The molecular formula is C5H9N3O. The van der Waals surface area contributed by atoms with Gasteiger partial charge < -0.3 is 10.5 Å². The fraction of sp³-hybridized carbons (Fsp3) is 0.400. The quantitative estimate of drug-likeness (QED) is 0.593. The summed E-state index contributed by atoms with van der Waals surface area (Å²) in [7, 11) is 1.62. The van der Waals surface area contributed by atoms with Crippen LogP contribution in [0.5, 0.6) is 0 Å². The third kappa shape index (κ3) is 1.43. The molecule has 0 aliphatic heterocycles. The number of nitrogens with one attached hydrogen (secondary N) is 1. The van der Waals surface area contributed by atoms with E-state index in [9.17, 15) is 0 Å². The van der Waals surface area contributed by atoms with Crippen molar-refractivity contribution in [3.8, 4) is 0 Å². The van der Waals surface area contributed by atoms with Gasteiger partial charge in [0.15, 0.2) is 0 Å². The van der Waals surface area contributed by atoms with Crippen LogP contribution in [0.4, 0.5) is 5.82 Å². The Morgan fingerprint density at radius 2 is 2.67 bits per heavy atom. The predicted molar refractivity (Wildman–Crippen MR) is 33.7 cm³/mol. The van der Waals surface area contributed by atoms with Crippen molar-refractivity contribution in [2.24, 2.45) is 0 Å². The van der Waals surface area contributed by atoms with Gasteiger partial charge in [0.1, 0.15) is 5.82 Å². The molecule has 1 aromatic heterocycles. The second kappa shape index (κ2) is 2.50. The van der Waals surface area contributed by atoms with Crippen molar-refractivity contribution < 1.29 is 4.74 Å². The molecule has 50 valence electrons. The van der Waals surface area contributed by atoms with Gasteiger partial charge in [-0.3, -0.25) is 5.10 Å². The molecule has 0 saturated carbocycles. The van der Waals surface area contributed by atoms with Gasteiger partial charge >= 0.3 is 0 Å². The maximum Gasteiger partial charge on any atom is 0.145 e. The molecule has 1 aromatic rings. The minimum absolute atomic E-state index is 0.502. The number of H-pyrrole nitrogens is 1. The van der Waals surface area contributed by atoms with Gasteiger partial charge in [0.2, 0.25) is 0 Å². The molecule has 0 aliphatic rings. The summed E-state index contributed by atoms with van der Waals surface area (Å²) in [5.41, 5.74) is 6.21. The Balaban J connectivity index is 2.61. The number of hydrogen-bond donors (Lipinski definition) is 2. The van der Waals surface area contributed by atoms with Crippen molar-refractivity contribution in [2.45, 2.75) is 6.61 Å². The number of aromatic amines is 1. The standard InChI is InChI=1S/C5H9N3O/c1-9-3-4-2-5(6)8-7-4/h2H,3H2,1H3,(H3,6,7,8). The van der Waals surface area contributed by atoms with Crippen LogP contribution >= 0.6 is 0 Å². The number of hydrogen-bond acceptors (Lipinski definition) is 3. The maximum absolute atomic E-state index is 5.31. The van der Waals surface area contributed by atoms with Crippen LogP contribution in [0.25, 0.3) is 0 Å². The average Bonchev–Trinajstić information content (AvgIpc) is 2.17. The van der Waals surface area contributed by atoms with E-state index in [1.165, 1.54) is 0 Å². The first-order valence-electron chi connectivity index (χ1n) is 2.61. The molecule has 0 aromatic carbocycles. The molecule has 1 heterocycles. The highest BCUT2D eigenvalue weighted by molar-refractivity contribution is 5.27. The summed E-state index contributed by atoms with van der Waals surface area (Å²) in [6.07, 6.45) is 0. The van der Waals surface area contributed by atoms with Crippen molar-refractivity contribution in [3.63, 3.8) is 0 Å². The number of nitrogens with zero attached hydrogens (tertiary/aromatic N) is 1. The van der Waals surface area contributed by atoms with Gasteiger partial charge in [0, 0.05) is 13.2 Å². The molecule has 0 fully saturated rings. The fourth-order valence-corrected chi connectivity index (χ4v) is 0.609. The highest BCUT2D eigenvalue weighted by Crippen LogP contribution is 1.99. The molecule has 0 amide bonds. The highest BCUT2D eigenvalue weighted by atomic mass is 16.5. The van der Waals surface area contributed by atoms with Crippen LogP contribution in [0, 0.1) is 0 Å². The van der Waals surface area contributed by atoms with Crippen LogP contribution in [0.2, 0.25) is 0 Å². The first-order chi connectivity index (χ1) is 4.33. The second-order valence-corrected chi connectivity index (χ2v) is 1.75. The summed E-state index contributed by atoms with van der Waals surface area (Å²) < 4.78 is 4.81. The van der Waals surface area contributed by atoms with Crippen molar-refractivity contribution in [1.29, 1.82) is 0 Å². The van der Waals surface area contributed by atoms with Gasteiger partial charge in [-0.25, -0.2) is 0 Å². The van der Waals surface area contributed by atoms with Gasteiger partial charge in [-0.15, -0.1) is 0 Å². The summed E-state index contributed by atoms with van der Waals surface area (Å²) in [5, 5.41) is 6.41. The lowest BCUT2D eigenvalue weighted by molar-refractivity contribution is 0.181. The highest BCUT2D eigenvalue weighted by Gasteiger charge is 1.93. The molecule has 0 radical (unpaired) electrons. The lowest BCUT2D eigenvalue weighted by Crippen LogP contribution is -1.85. The number of ether oxygens (including phenoxy) is 1. The van der Waals surface area contributed by atoms with E-state index < -0.39 is 0 Å². The van der Waals surface area contributed by atoms with Crippen LogP contribution < -0.4 is 5.73 Å². The summed E-state index contributed by atoms with van der Waals surface area (Å²) >= 11 is 0. The normalized spacial score (nSPS) is 9.89. The van der Waals surface area contributed by atoms with Gasteiger partial charge in [-0.05, 0) is 0 Å². The van der Waals surface area contributed by atoms with Crippen LogP contribution in [0.3, 0.4) is 0 Å². The molecule has 0 unspecified atom stereocenters. The molecule has 1 rings (SSSR count). The predicted octanol–water partition coefficient (Wildman–Crippen LogP) is 0.138. The summed E-state index contributed by atoms with van der Waals surface area (Å²) in [5.74, 6) is 0.502. The molecule has 4 nitrogen and oxygen atoms in total. The molecule has 9 heavy (non-hydrogen) atoms.